The van der Waals surface area contributed by atoms with E-state index in [0.29, 0.717) is 11.3 Å². The Balaban J connectivity index is 3.31. The van der Waals surface area contributed by atoms with Crippen LogP contribution in [0.3, 0.4) is 0 Å². The number of nitrogen functional groups attached to an aromatic ring is 1. The lowest BCUT2D eigenvalue weighted by atomic mass is 10.0. The van der Waals surface area contributed by atoms with E-state index in [4.69, 9.17) is 15.6 Å². The number of nitrogens with one attached hydrogen (secondary N) is 1. The molecular formula is C13H21N3O4S. The molecule has 1 rings (SSSR count). The smallest absolute Gasteiger partial charge is 0.328 e. The predicted octanol–water partition coefficient (Wildman–Crippen LogP) is 0.834. The van der Waals surface area contributed by atoms with Gasteiger partial charge in [0.25, 0.3) is 0 Å². The van der Waals surface area contributed by atoms with Gasteiger partial charge in [0.15, 0.2) is 0 Å². The first-order valence-corrected chi connectivity index (χ1v) is 7.89. The number of rotatable bonds is 5. The van der Waals surface area contributed by atoms with Crippen LogP contribution in [-0.4, -0.2) is 27.5 Å². The summed E-state index contributed by atoms with van der Waals surface area (Å²) in [5, 5.41) is 8.15. The maximum absolute atomic E-state index is 11.8. The van der Waals surface area contributed by atoms with E-state index in [1.54, 1.807) is 13.0 Å². The Bertz CT molecular complexity index is 641. The van der Waals surface area contributed by atoms with Crippen LogP contribution >= 0.6 is 0 Å². The van der Waals surface area contributed by atoms with Crippen LogP contribution in [0.1, 0.15) is 19.4 Å². The largest absolute Gasteiger partial charge is 0.467 e. The molecule has 1 unspecified atom stereocenters. The van der Waals surface area contributed by atoms with Crippen molar-refractivity contribution >= 4 is 27.4 Å². The zero-order valence-electron chi connectivity index (χ0n) is 12.5. The van der Waals surface area contributed by atoms with Crippen LogP contribution in [-0.2, 0) is 19.6 Å². The molecule has 7 nitrogen and oxygen atoms in total. The fourth-order valence-corrected chi connectivity index (χ4v) is 2.78. The van der Waals surface area contributed by atoms with E-state index in [-0.39, 0.29) is 16.5 Å². The third-order valence-corrected chi connectivity index (χ3v) is 4.16. The lowest BCUT2D eigenvalue weighted by Crippen LogP contribution is -2.35. The molecule has 5 N–H and O–H groups in total. The number of carbonyl (C=O) groups is 1. The third kappa shape index (κ3) is 4.08. The van der Waals surface area contributed by atoms with E-state index >= 15 is 0 Å². The number of hydrogen-bond donors (Lipinski definition) is 3. The summed E-state index contributed by atoms with van der Waals surface area (Å²) in [6.45, 7) is 5.28. The first kappa shape index (κ1) is 17.3. The minimum atomic E-state index is -3.90. The van der Waals surface area contributed by atoms with Gasteiger partial charge in [0.2, 0.25) is 10.0 Å². The van der Waals surface area contributed by atoms with Crippen molar-refractivity contribution in [2.24, 2.45) is 11.1 Å². The molecule has 0 aliphatic heterocycles. The highest BCUT2D eigenvalue weighted by Gasteiger charge is 2.25. The van der Waals surface area contributed by atoms with Crippen LogP contribution in [0, 0.1) is 12.8 Å². The van der Waals surface area contributed by atoms with Gasteiger partial charge < -0.3 is 15.8 Å². The SMILES string of the molecule is COC(=O)C(Nc1cc(N)cc(S(N)(=O)=O)c1C)C(C)C. The van der Waals surface area contributed by atoms with E-state index < -0.39 is 22.0 Å². The summed E-state index contributed by atoms with van der Waals surface area (Å²) in [5.41, 5.74) is 6.78. The van der Waals surface area contributed by atoms with Crippen LogP contribution in [0.5, 0.6) is 0 Å². The number of sulfonamides is 1. The highest BCUT2D eigenvalue weighted by atomic mass is 32.2. The van der Waals surface area contributed by atoms with Crippen molar-refractivity contribution < 1.29 is 17.9 Å². The van der Waals surface area contributed by atoms with Crippen molar-refractivity contribution in [1.29, 1.82) is 0 Å². The van der Waals surface area contributed by atoms with E-state index in [0.717, 1.165) is 0 Å². The molecule has 118 valence electrons. The minimum Gasteiger partial charge on any atom is -0.467 e. The van der Waals surface area contributed by atoms with Crippen molar-refractivity contribution in [3.8, 4) is 0 Å². The van der Waals surface area contributed by atoms with Crippen LogP contribution in [0.25, 0.3) is 0 Å². The maximum atomic E-state index is 11.8. The molecule has 0 bridgehead atoms. The number of esters is 1. The van der Waals surface area contributed by atoms with Crippen molar-refractivity contribution in [2.75, 3.05) is 18.2 Å². The third-order valence-electron chi connectivity index (χ3n) is 3.12. The summed E-state index contributed by atoms with van der Waals surface area (Å²) < 4.78 is 27.9. The molecule has 0 aliphatic rings. The predicted molar refractivity (Wildman–Crippen MR) is 81.2 cm³/mol. The second-order valence-electron chi connectivity index (χ2n) is 5.13. The maximum Gasteiger partial charge on any atom is 0.328 e. The summed E-state index contributed by atoms with van der Waals surface area (Å²) in [4.78, 5) is 11.7. The molecular weight excluding hydrogens is 294 g/mol. The minimum absolute atomic E-state index is 0.0591. The molecule has 0 saturated heterocycles. The fourth-order valence-electron chi connectivity index (χ4n) is 1.95. The van der Waals surface area contributed by atoms with E-state index in [1.807, 2.05) is 13.8 Å². The number of carbonyl (C=O) groups excluding carboxylic acids is 1. The number of anilines is 2. The first-order chi connectivity index (χ1) is 9.57. The summed E-state index contributed by atoms with van der Waals surface area (Å²) in [7, 11) is -2.60. The van der Waals surface area contributed by atoms with Gasteiger partial charge in [-0.15, -0.1) is 0 Å². The Morgan fingerprint density at radius 2 is 1.90 bits per heavy atom. The molecule has 8 heteroatoms. The average molecular weight is 315 g/mol. The number of ether oxygens (including phenoxy) is 1. The normalized spacial score (nSPS) is 13.0. The topological polar surface area (TPSA) is 125 Å². The number of nitrogens with two attached hydrogens (primary N) is 2. The molecule has 0 heterocycles. The lowest BCUT2D eigenvalue weighted by molar-refractivity contribution is -0.142. The standard InChI is InChI=1S/C13H21N3O4S/c1-7(2)12(13(17)20-4)16-10-5-9(14)6-11(8(10)3)21(15,18)19/h5-7,12,16H,14H2,1-4H3,(H2,15,18,19). The summed E-state index contributed by atoms with van der Waals surface area (Å²) in [5.74, 6) is -0.500. The molecule has 0 fully saturated rings. The average Bonchev–Trinajstić information content (AvgIpc) is 2.36. The van der Waals surface area contributed by atoms with Gasteiger partial charge in [-0.2, -0.15) is 0 Å². The second kappa shape index (κ2) is 6.31. The zero-order chi connectivity index (χ0) is 16.4. The summed E-state index contributed by atoms with van der Waals surface area (Å²) >= 11 is 0. The number of primary sulfonamides is 1. The quantitative estimate of drug-likeness (QED) is 0.546. The van der Waals surface area contributed by atoms with Crippen LogP contribution in [0.4, 0.5) is 11.4 Å². The van der Waals surface area contributed by atoms with Crippen molar-refractivity contribution in [3.63, 3.8) is 0 Å². The van der Waals surface area contributed by atoms with Gasteiger partial charge in [-0.3, -0.25) is 0 Å². The summed E-state index contributed by atoms with van der Waals surface area (Å²) in [6, 6.07) is 2.23. The Hall–Kier alpha value is -1.80. The second-order valence-corrected chi connectivity index (χ2v) is 6.66. The molecule has 0 amide bonds. The fraction of sp³-hybridized carbons (Fsp3) is 0.462. The molecule has 21 heavy (non-hydrogen) atoms. The molecule has 0 radical (unpaired) electrons. The molecule has 1 aromatic rings. The lowest BCUT2D eigenvalue weighted by Gasteiger charge is -2.23. The van der Waals surface area contributed by atoms with E-state index in [9.17, 15) is 13.2 Å². The van der Waals surface area contributed by atoms with Gasteiger partial charge in [0, 0.05) is 11.4 Å². The molecule has 0 aromatic heterocycles. The van der Waals surface area contributed by atoms with Crippen LogP contribution in [0.15, 0.2) is 17.0 Å². The Kier molecular flexibility index (Phi) is 5.19. The monoisotopic (exact) mass is 315 g/mol. The molecule has 0 spiro atoms. The Morgan fingerprint density at radius 1 is 1.33 bits per heavy atom. The van der Waals surface area contributed by atoms with Crippen molar-refractivity contribution in [3.05, 3.63) is 17.7 Å². The summed E-state index contributed by atoms with van der Waals surface area (Å²) in [6.07, 6.45) is 0. The van der Waals surface area contributed by atoms with Crippen molar-refractivity contribution in [2.45, 2.75) is 31.7 Å². The number of hydrogen-bond acceptors (Lipinski definition) is 6. The first-order valence-electron chi connectivity index (χ1n) is 6.35. The van der Waals surface area contributed by atoms with E-state index in [2.05, 4.69) is 5.32 Å². The number of benzene rings is 1. The zero-order valence-corrected chi connectivity index (χ0v) is 13.3. The van der Waals surface area contributed by atoms with Crippen molar-refractivity contribution in [1.82, 2.24) is 0 Å². The molecule has 0 saturated carbocycles. The Labute approximate surface area is 124 Å². The molecule has 1 atom stereocenters. The van der Waals surface area contributed by atoms with Gasteiger partial charge in [0.1, 0.15) is 6.04 Å². The van der Waals surface area contributed by atoms with Crippen LogP contribution in [0.2, 0.25) is 0 Å². The van der Waals surface area contributed by atoms with Gasteiger partial charge in [-0.05, 0) is 30.5 Å². The van der Waals surface area contributed by atoms with E-state index in [1.165, 1.54) is 13.2 Å². The highest BCUT2D eigenvalue weighted by Crippen LogP contribution is 2.27. The van der Waals surface area contributed by atoms with Gasteiger partial charge in [-0.1, -0.05) is 13.8 Å². The molecule has 0 aliphatic carbocycles. The highest BCUT2D eigenvalue weighted by molar-refractivity contribution is 7.89. The molecule has 1 aromatic carbocycles. The van der Waals surface area contributed by atoms with Crippen LogP contribution < -0.4 is 16.2 Å². The van der Waals surface area contributed by atoms with Gasteiger partial charge in [0.05, 0.1) is 12.0 Å². The number of methoxy groups -OCH3 is 1. The van der Waals surface area contributed by atoms with Gasteiger partial charge in [-0.25, -0.2) is 18.4 Å². The Morgan fingerprint density at radius 3 is 2.33 bits per heavy atom. The van der Waals surface area contributed by atoms with Gasteiger partial charge >= 0.3 is 5.97 Å².